The van der Waals surface area contributed by atoms with E-state index < -0.39 is 36.2 Å². The molecule has 3 rings (SSSR count). The summed E-state index contributed by atoms with van der Waals surface area (Å²) in [4.78, 5) is 34.2. The van der Waals surface area contributed by atoms with Gasteiger partial charge in [-0.15, -0.1) is 0 Å². The molecule has 3 atom stereocenters. The molecule has 28 heavy (non-hydrogen) atoms. The Kier molecular flexibility index (Phi) is 5.57. The van der Waals surface area contributed by atoms with Gasteiger partial charge >= 0.3 is 5.69 Å². The van der Waals surface area contributed by atoms with E-state index in [1.807, 2.05) is 26.0 Å². The summed E-state index contributed by atoms with van der Waals surface area (Å²) in [6.45, 7) is 3.21. The lowest BCUT2D eigenvalue weighted by molar-refractivity contribution is -0.0790. The highest BCUT2D eigenvalue weighted by molar-refractivity contribution is 5.81. The Balaban J connectivity index is 2.13. The van der Waals surface area contributed by atoms with E-state index in [-0.39, 0.29) is 24.5 Å². The number of aryl methyl sites for hydroxylation is 3. The zero-order valence-electron chi connectivity index (χ0n) is 15.5. The standard InChI is InChI=1S/C18H22N4O6/c1-8-5-10-11(6-9(8)2)22(4-3-12(24)15(26)13(25)7-23)16-14(19-10)17(27)21-18(28)20-16/h5-6,12-13,15,23-26H,3-4,7H2,1-2H3,(H,21,27,28). The molecule has 2 heterocycles. The van der Waals surface area contributed by atoms with Gasteiger partial charge in [0.25, 0.3) is 5.56 Å². The minimum atomic E-state index is -1.54. The summed E-state index contributed by atoms with van der Waals surface area (Å²) in [5.41, 5.74) is 1.57. The molecular weight excluding hydrogens is 368 g/mol. The van der Waals surface area contributed by atoms with Gasteiger partial charge in [-0.1, -0.05) is 0 Å². The van der Waals surface area contributed by atoms with Crippen LogP contribution >= 0.6 is 0 Å². The fourth-order valence-corrected chi connectivity index (χ4v) is 3.07. The Hall–Kier alpha value is -2.66. The van der Waals surface area contributed by atoms with E-state index in [2.05, 4.69) is 15.0 Å². The Morgan fingerprint density at radius 1 is 1.07 bits per heavy atom. The Morgan fingerprint density at radius 3 is 2.43 bits per heavy atom. The first-order chi connectivity index (χ1) is 13.2. The molecule has 0 spiro atoms. The fourth-order valence-electron chi connectivity index (χ4n) is 3.07. The average molecular weight is 390 g/mol. The number of aliphatic hydroxyl groups excluding tert-OH is 4. The topological polar surface area (TPSA) is 162 Å². The van der Waals surface area contributed by atoms with Gasteiger partial charge in [0, 0.05) is 6.54 Å². The van der Waals surface area contributed by atoms with Crippen LogP contribution in [0.15, 0.2) is 21.7 Å². The van der Waals surface area contributed by atoms with Crippen LogP contribution in [0.4, 0.5) is 0 Å². The highest BCUT2D eigenvalue weighted by Gasteiger charge is 2.25. The third-order valence-corrected chi connectivity index (χ3v) is 4.85. The van der Waals surface area contributed by atoms with Crippen LogP contribution in [0.3, 0.4) is 0 Å². The van der Waals surface area contributed by atoms with Gasteiger partial charge in [-0.3, -0.25) is 9.78 Å². The van der Waals surface area contributed by atoms with Crippen LogP contribution in [0.5, 0.6) is 0 Å². The zero-order valence-corrected chi connectivity index (χ0v) is 15.5. The molecule has 150 valence electrons. The molecule has 1 aromatic carbocycles. The van der Waals surface area contributed by atoms with Crippen molar-refractivity contribution in [3.63, 3.8) is 0 Å². The van der Waals surface area contributed by atoms with Crippen LogP contribution in [-0.4, -0.2) is 64.9 Å². The largest absolute Gasteiger partial charge is 0.394 e. The van der Waals surface area contributed by atoms with Crippen molar-refractivity contribution < 1.29 is 20.4 Å². The van der Waals surface area contributed by atoms with Crippen LogP contribution in [0, 0.1) is 13.8 Å². The Labute approximate surface area is 159 Å². The van der Waals surface area contributed by atoms with Gasteiger partial charge < -0.3 is 25.0 Å². The fraction of sp³-hybridized carbons (Fsp3) is 0.444. The van der Waals surface area contributed by atoms with Crippen molar-refractivity contribution in [3.05, 3.63) is 44.1 Å². The summed E-state index contributed by atoms with van der Waals surface area (Å²) in [6, 6.07) is 3.65. The Bertz CT molecular complexity index is 1090. The van der Waals surface area contributed by atoms with E-state index in [0.29, 0.717) is 11.0 Å². The molecule has 5 N–H and O–H groups in total. The van der Waals surface area contributed by atoms with Crippen LogP contribution in [-0.2, 0) is 6.54 Å². The van der Waals surface area contributed by atoms with Crippen LogP contribution < -0.4 is 11.2 Å². The maximum Gasteiger partial charge on any atom is 0.349 e. The molecule has 0 bridgehead atoms. The number of nitrogens with zero attached hydrogens (tertiary/aromatic N) is 3. The molecule has 0 fully saturated rings. The number of aromatic nitrogens is 4. The molecule has 0 aromatic heterocycles. The molecule has 10 nitrogen and oxygen atoms in total. The summed E-state index contributed by atoms with van der Waals surface area (Å²) in [5.74, 6) is 0.0638. The predicted molar refractivity (Wildman–Crippen MR) is 100 cm³/mol. The monoisotopic (exact) mass is 390 g/mol. The van der Waals surface area contributed by atoms with E-state index in [9.17, 15) is 24.9 Å². The lowest BCUT2D eigenvalue weighted by atomic mass is 10.0. The number of fused-ring (bicyclic) bond motifs is 2. The summed E-state index contributed by atoms with van der Waals surface area (Å²) in [5, 5.41) is 38.4. The van der Waals surface area contributed by atoms with Crippen LogP contribution in [0.25, 0.3) is 22.6 Å². The molecule has 2 aliphatic rings. The smallest absolute Gasteiger partial charge is 0.349 e. The minimum Gasteiger partial charge on any atom is -0.394 e. The van der Waals surface area contributed by atoms with Crippen molar-refractivity contribution in [2.75, 3.05) is 6.61 Å². The molecule has 0 saturated heterocycles. The molecule has 0 aliphatic carbocycles. The van der Waals surface area contributed by atoms with Crippen molar-refractivity contribution in [3.8, 4) is 11.5 Å². The van der Waals surface area contributed by atoms with Gasteiger partial charge in [-0.05, 0) is 43.5 Å². The lowest BCUT2D eigenvalue weighted by Gasteiger charge is -2.23. The third kappa shape index (κ3) is 3.67. The Morgan fingerprint density at radius 2 is 1.75 bits per heavy atom. The number of nitrogens with one attached hydrogen (secondary N) is 1. The van der Waals surface area contributed by atoms with Gasteiger partial charge in [0.05, 0.1) is 23.7 Å². The molecule has 0 amide bonds. The van der Waals surface area contributed by atoms with Gasteiger partial charge in [0.1, 0.15) is 12.2 Å². The number of aromatic amines is 1. The summed E-state index contributed by atoms with van der Waals surface area (Å²) in [6.07, 6.45) is -4.38. The van der Waals surface area contributed by atoms with E-state index in [4.69, 9.17) is 5.11 Å². The SMILES string of the molecule is Cc1cc2nc3c(=O)[nH]c(=O)nc-3n(CCC(O)C(O)C(O)CO)c2cc1C. The van der Waals surface area contributed by atoms with E-state index in [1.165, 1.54) is 0 Å². The molecular formula is C18H22N4O6. The summed E-state index contributed by atoms with van der Waals surface area (Å²) >= 11 is 0. The number of benzene rings is 1. The van der Waals surface area contributed by atoms with E-state index in [0.717, 1.165) is 11.1 Å². The number of rotatable bonds is 6. The predicted octanol–water partition coefficient (Wildman–Crippen LogP) is -1.33. The molecule has 2 aliphatic heterocycles. The lowest BCUT2D eigenvalue weighted by Crippen LogP contribution is -2.40. The minimum absolute atomic E-state index is 0.0132. The van der Waals surface area contributed by atoms with E-state index in [1.54, 1.807) is 4.57 Å². The quantitative estimate of drug-likeness (QED) is 0.323. The van der Waals surface area contributed by atoms with E-state index >= 15 is 0 Å². The molecule has 10 heteroatoms. The van der Waals surface area contributed by atoms with Gasteiger partial charge in [-0.2, -0.15) is 4.98 Å². The van der Waals surface area contributed by atoms with Crippen LogP contribution in [0.1, 0.15) is 17.5 Å². The van der Waals surface area contributed by atoms with Crippen molar-refractivity contribution in [1.29, 1.82) is 0 Å². The zero-order chi connectivity index (χ0) is 20.6. The highest BCUT2D eigenvalue weighted by atomic mass is 16.4. The average Bonchev–Trinajstić information content (AvgIpc) is 2.65. The second-order valence-electron chi connectivity index (χ2n) is 6.83. The molecule has 0 saturated carbocycles. The van der Waals surface area contributed by atoms with Crippen molar-refractivity contribution in [2.24, 2.45) is 0 Å². The first kappa shape index (κ1) is 20.1. The number of H-pyrrole nitrogens is 1. The second-order valence-corrected chi connectivity index (χ2v) is 6.83. The van der Waals surface area contributed by atoms with Crippen molar-refractivity contribution in [1.82, 2.24) is 19.5 Å². The number of aliphatic hydroxyl groups is 4. The van der Waals surface area contributed by atoms with Crippen LogP contribution in [0.2, 0.25) is 0 Å². The highest BCUT2D eigenvalue weighted by Crippen LogP contribution is 2.24. The second kappa shape index (κ2) is 7.76. The van der Waals surface area contributed by atoms with Crippen molar-refractivity contribution >= 4 is 11.0 Å². The maximum absolute atomic E-state index is 12.2. The summed E-state index contributed by atoms with van der Waals surface area (Å²) in [7, 11) is 0. The summed E-state index contributed by atoms with van der Waals surface area (Å²) < 4.78 is 1.59. The first-order valence-corrected chi connectivity index (χ1v) is 8.79. The molecule has 1 aromatic rings. The molecule has 0 radical (unpaired) electrons. The van der Waals surface area contributed by atoms with Gasteiger partial charge in [0.15, 0.2) is 11.5 Å². The number of hydrogen-bond donors (Lipinski definition) is 5. The number of hydrogen-bond acceptors (Lipinski definition) is 8. The third-order valence-electron chi connectivity index (χ3n) is 4.85. The normalized spacial score (nSPS) is 15.1. The first-order valence-electron chi connectivity index (χ1n) is 8.79. The van der Waals surface area contributed by atoms with Gasteiger partial charge in [-0.25, -0.2) is 9.78 Å². The maximum atomic E-state index is 12.2. The van der Waals surface area contributed by atoms with Crippen molar-refractivity contribution in [2.45, 2.75) is 45.1 Å². The van der Waals surface area contributed by atoms with Gasteiger partial charge in [0.2, 0.25) is 0 Å². The molecule has 3 unspecified atom stereocenters.